The molecule has 0 saturated carbocycles. The van der Waals surface area contributed by atoms with Crippen LogP contribution in [0.1, 0.15) is 68.9 Å². The number of halogens is 2. The zero-order valence-corrected chi connectivity index (χ0v) is 23.7. The van der Waals surface area contributed by atoms with Gasteiger partial charge in [0.1, 0.15) is 11.6 Å². The summed E-state index contributed by atoms with van der Waals surface area (Å²) in [5, 5.41) is 6.72. The van der Waals surface area contributed by atoms with E-state index in [-0.39, 0.29) is 41.9 Å². The standard InChI is InChI=1S/C31H41F2N3O2S/c1-2-26-17-22(14-15-38-26)28(21-8-10-23(32)11-9-21)18-31(37)35-30-7-3-6-29(33)27(30)13-12-25-19-34-24-5-4-16-39-36(25)20-24/h3,6-11,22,24-26,28,34H,2,4-5,12-20H2,1H3,(H,35,37)/t22?,24-,25?,26?,28?/m1/s1. The predicted molar refractivity (Wildman–Crippen MR) is 154 cm³/mol. The van der Waals surface area contributed by atoms with E-state index in [1.165, 1.54) is 31.0 Å². The van der Waals surface area contributed by atoms with E-state index < -0.39 is 0 Å². The van der Waals surface area contributed by atoms with Crippen molar-refractivity contribution in [3.05, 3.63) is 65.2 Å². The second-order valence-electron chi connectivity index (χ2n) is 11.2. The lowest BCUT2D eigenvalue weighted by Crippen LogP contribution is -2.53. The Labute approximate surface area is 235 Å². The van der Waals surface area contributed by atoms with Crippen molar-refractivity contribution in [2.45, 2.75) is 82.4 Å². The van der Waals surface area contributed by atoms with Crippen molar-refractivity contribution in [1.29, 1.82) is 0 Å². The Morgan fingerprint density at radius 3 is 2.87 bits per heavy atom. The van der Waals surface area contributed by atoms with Gasteiger partial charge in [0.25, 0.3) is 0 Å². The first kappa shape index (κ1) is 28.5. The van der Waals surface area contributed by atoms with Crippen molar-refractivity contribution in [3.63, 3.8) is 0 Å². The lowest BCUT2D eigenvalue weighted by atomic mass is 9.77. The van der Waals surface area contributed by atoms with Gasteiger partial charge in [0, 0.05) is 55.2 Å². The first-order valence-corrected chi connectivity index (χ1v) is 15.5. The Morgan fingerprint density at radius 1 is 1.21 bits per heavy atom. The van der Waals surface area contributed by atoms with Crippen LogP contribution in [-0.4, -0.2) is 53.8 Å². The second kappa shape index (κ2) is 13.6. The highest BCUT2D eigenvalue weighted by atomic mass is 32.2. The molecule has 8 heteroatoms. The quantitative estimate of drug-likeness (QED) is 0.355. The van der Waals surface area contributed by atoms with Gasteiger partial charge in [-0.25, -0.2) is 13.1 Å². The fourth-order valence-corrected chi connectivity index (χ4v) is 7.62. The van der Waals surface area contributed by atoms with Gasteiger partial charge in [-0.3, -0.25) is 4.79 Å². The summed E-state index contributed by atoms with van der Waals surface area (Å²) in [6.45, 7) is 4.73. The number of nitrogens with zero attached hydrogens (tertiary/aromatic N) is 1. The number of fused-ring (bicyclic) bond motifs is 2. The van der Waals surface area contributed by atoms with Gasteiger partial charge in [-0.05, 0) is 86.6 Å². The molecule has 0 aromatic heterocycles. The van der Waals surface area contributed by atoms with E-state index >= 15 is 4.39 Å². The van der Waals surface area contributed by atoms with Crippen molar-refractivity contribution in [2.75, 3.05) is 30.8 Å². The Balaban J connectivity index is 1.27. The predicted octanol–water partition coefficient (Wildman–Crippen LogP) is 6.30. The number of piperazine rings is 1. The maximum Gasteiger partial charge on any atom is 0.225 e. The first-order valence-electron chi connectivity index (χ1n) is 14.6. The molecule has 2 aromatic rings. The summed E-state index contributed by atoms with van der Waals surface area (Å²) in [7, 11) is 0. The molecule has 0 radical (unpaired) electrons. The second-order valence-corrected chi connectivity index (χ2v) is 12.4. The molecule has 0 aliphatic carbocycles. The summed E-state index contributed by atoms with van der Waals surface area (Å²) < 4.78 is 37.1. The number of carbonyl (C=O) groups excluding carboxylic acids is 1. The van der Waals surface area contributed by atoms with Gasteiger partial charge >= 0.3 is 0 Å². The van der Waals surface area contributed by atoms with Crippen LogP contribution in [0.4, 0.5) is 14.5 Å². The minimum atomic E-state index is -0.285. The first-order chi connectivity index (χ1) is 19.0. The molecule has 3 aliphatic heterocycles. The Hall–Kier alpha value is -2.00. The molecule has 0 spiro atoms. The topological polar surface area (TPSA) is 53.6 Å². The van der Waals surface area contributed by atoms with E-state index in [2.05, 4.69) is 21.9 Å². The number of hydrogen-bond donors (Lipinski definition) is 2. The van der Waals surface area contributed by atoms with Gasteiger partial charge in [0.2, 0.25) is 5.91 Å². The minimum absolute atomic E-state index is 0.0538. The number of nitrogens with one attached hydrogen (secondary N) is 2. The summed E-state index contributed by atoms with van der Waals surface area (Å²) in [5.41, 5.74) is 2.09. The van der Waals surface area contributed by atoms with E-state index in [4.69, 9.17) is 4.74 Å². The number of carbonyl (C=O) groups is 1. The van der Waals surface area contributed by atoms with Gasteiger partial charge in [-0.15, -0.1) is 0 Å². The Bertz CT molecular complexity index is 1100. The van der Waals surface area contributed by atoms with Gasteiger partial charge in [0.15, 0.2) is 0 Å². The van der Waals surface area contributed by atoms with Crippen LogP contribution in [0.5, 0.6) is 0 Å². The van der Waals surface area contributed by atoms with Crippen molar-refractivity contribution >= 4 is 23.5 Å². The number of benzene rings is 2. The monoisotopic (exact) mass is 557 g/mol. The fraction of sp³-hybridized carbons (Fsp3) is 0.581. The number of anilines is 1. The summed E-state index contributed by atoms with van der Waals surface area (Å²) in [5.74, 6) is 0.649. The van der Waals surface area contributed by atoms with Crippen LogP contribution in [0.3, 0.4) is 0 Å². The van der Waals surface area contributed by atoms with Crippen LogP contribution in [0.25, 0.3) is 0 Å². The Kier molecular flexibility index (Phi) is 9.93. The average Bonchev–Trinajstić information content (AvgIpc) is 3.14. The highest BCUT2D eigenvalue weighted by Crippen LogP contribution is 2.38. The van der Waals surface area contributed by atoms with E-state index in [1.807, 2.05) is 11.9 Å². The lowest BCUT2D eigenvalue weighted by molar-refractivity contribution is -0.117. The molecule has 5 nitrogen and oxygen atoms in total. The third-order valence-electron chi connectivity index (χ3n) is 8.66. The number of amides is 1. The molecule has 1 amide bonds. The molecule has 39 heavy (non-hydrogen) atoms. The molecule has 2 bridgehead atoms. The summed E-state index contributed by atoms with van der Waals surface area (Å²) in [6.07, 6.45) is 6.94. The van der Waals surface area contributed by atoms with E-state index in [0.717, 1.165) is 50.1 Å². The largest absolute Gasteiger partial charge is 0.378 e. The average molecular weight is 558 g/mol. The van der Waals surface area contributed by atoms with Crippen molar-refractivity contribution in [3.8, 4) is 0 Å². The fourth-order valence-electron chi connectivity index (χ4n) is 6.41. The third kappa shape index (κ3) is 7.40. The van der Waals surface area contributed by atoms with Crippen LogP contribution >= 0.6 is 11.9 Å². The zero-order chi connectivity index (χ0) is 27.2. The molecular formula is C31H41F2N3O2S. The molecule has 3 aliphatic rings. The van der Waals surface area contributed by atoms with Gasteiger partial charge in [-0.1, -0.05) is 37.1 Å². The van der Waals surface area contributed by atoms with Gasteiger partial charge in [0.05, 0.1) is 6.10 Å². The zero-order valence-electron chi connectivity index (χ0n) is 22.8. The molecular weight excluding hydrogens is 516 g/mol. The van der Waals surface area contributed by atoms with E-state index in [9.17, 15) is 9.18 Å². The highest BCUT2D eigenvalue weighted by molar-refractivity contribution is 7.97. The number of ether oxygens (including phenoxy) is 1. The maximum atomic E-state index is 15.1. The van der Waals surface area contributed by atoms with Crippen LogP contribution in [0.15, 0.2) is 42.5 Å². The van der Waals surface area contributed by atoms with Crippen LogP contribution in [0, 0.1) is 17.6 Å². The SMILES string of the molecule is CCC1CC(C(CC(=O)Nc2cccc(F)c2CCC2CN[C@@H]3CCCSN2C3)c2ccc(F)cc2)CCO1. The Morgan fingerprint density at radius 2 is 2.05 bits per heavy atom. The molecule has 5 rings (SSSR count). The van der Waals surface area contributed by atoms with Crippen LogP contribution in [-0.2, 0) is 16.0 Å². The molecule has 212 valence electrons. The minimum Gasteiger partial charge on any atom is -0.378 e. The molecule has 3 fully saturated rings. The van der Waals surface area contributed by atoms with Crippen molar-refractivity contribution < 1.29 is 18.3 Å². The summed E-state index contributed by atoms with van der Waals surface area (Å²) >= 11 is 1.92. The normalized spacial score (nSPS) is 27.9. The molecule has 2 aromatic carbocycles. The summed E-state index contributed by atoms with van der Waals surface area (Å²) in [6, 6.07) is 12.4. The molecule has 3 saturated heterocycles. The van der Waals surface area contributed by atoms with Crippen molar-refractivity contribution in [1.82, 2.24) is 9.62 Å². The summed E-state index contributed by atoms with van der Waals surface area (Å²) in [4.78, 5) is 13.4. The molecule has 3 heterocycles. The van der Waals surface area contributed by atoms with Crippen LogP contribution in [0.2, 0.25) is 0 Å². The number of rotatable bonds is 9. The van der Waals surface area contributed by atoms with Gasteiger partial charge in [-0.2, -0.15) is 0 Å². The van der Waals surface area contributed by atoms with Crippen LogP contribution < -0.4 is 10.6 Å². The van der Waals surface area contributed by atoms with Crippen molar-refractivity contribution in [2.24, 2.45) is 5.92 Å². The lowest BCUT2D eigenvalue weighted by Gasteiger charge is -2.37. The molecule has 2 N–H and O–H groups in total. The molecule has 6 atom stereocenters. The smallest absolute Gasteiger partial charge is 0.225 e. The highest BCUT2D eigenvalue weighted by Gasteiger charge is 2.32. The van der Waals surface area contributed by atoms with E-state index in [1.54, 1.807) is 24.3 Å². The van der Waals surface area contributed by atoms with Gasteiger partial charge < -0.3 is 15.4 Å². The maximum absolute atomic E-state index is 15.1. The van der Waals surface area contributed by atoms with E-state index in [0.29, 0.717) is 36.4 Å². The number of hydrogen-bond acceptors (Lipinski definition) is 5. The molecule has 5 unspecified atom stereocenters. The third-order valence-corrected chi connectivity index (χ3v) is 9.91.